The van der Waals surface area contributed by atoms with Crippen molar-refractivity contribution in [1.29, 1.82) is 5.41 Å². The maximum atomic E-state index is 15.9. The average molecular weight is 622 g/mol. The van der Waals surface area contributed by atoms with E-state index in [1.807, 2.05) is 0 Å². The van der Waals surface area contributed by atoms with Crippen LogP contribution in [0.2, 0.25) is 0 Å². The minimum absolute atomic E-state index is 0.0378. The van der Waals surface area contributed by atoms with Gasteiger partial charge in [0.15, 0.2) is 17.4 Å². The number of rotatable bonds is 11. The number of nitrogens with two attached hydrogens (primary N) is 2. The summed E-state index contributed by atoms with van der Waals surface area (Å²) in [6.07, 6.45) is -5.32. The molecule has 4 rings (SSSR count). The van der Waals surface area contributed by atoms with E-state index in [1.165, 1.54) is 25.3 Å². The SMILES string of the molecule is COc1cc(OCCF)c(F)c(C(Nc2cc(OC(=O)C(F)(F)F)ccc2C(=N)N)c2nn(-c3ccccc3N)c(=O)[nH]2)c1. The van der Waals surface area contributed by atoms with Crippen LogP contribution in [-0.2, 0) is 4.79 Å². The minimum Gasteiger partial charge on any atom is -0.497 e. The van der Waals surface area contributed by atoms with Crippen molar-refractivity contribution in [3.8, 4) is 22.9 Å². The van der Waals surface area contributed by atoms with E-state index in [0.717, 1.165) is 28.9 Å². The number of para-hydroxylation sites is 2. The van der Waals surface area contributed by atoms with Crippen LogP contribution in [0.15, 0.2) is 59.4 Å². The first-order chi connectivity index (χ1) is 20.8. The van der Waals surface area contributed by atoms with Gasteiger partial charge < -0.3 is 31.0 Å². The number of esters is 1. The summed E-state index contributed by atoms with van der Waals surface area (Å²) in [7, 11) is 1.26. The second-order valence-electron chi connectivity index (χ2n) is 8.94. The maximum absolute atomic E-state index is 15.9. The van der Waals surface area contributed by atoms with Gasteiger partial charge in [-0.25, -0.2) is 18.4 Å². The van der Waals surface area contributed by atoms with Crippen molar-refractivity contribution in [3.05, 3.63) is 87.9 Å². The molecule has 0 aliphatic carbocycles. The van der Waals surface area contributed by atoms with Gasteiger partial charge in [0.25, 0.3) is 0 Å². The number of carbonyl (C=O) groups is 1. The molecule has 12 nitrogen and oxygen atoms in total. The number of amidine groups is 1. The Morgan fingerprint density at radius 1 is 1.16 bits per heavy atom. The number of ether oxygens (including phenoxy) is 3. The fourth-order valence-corrected chi connectivity index (χ4v) is 4.04. The van der Waals surface area contributed by atoms with Crippen molar-refractivity contribution in [3.63, 3.8) is 0 Å². The van der Waals surface area contributed by atoms with Crippen molar-refractivity contribution < 1.29 is 41.0 Å². The Labute approximate surface area is 244 Å². The average Bonchev–Trinajstić information content (AvgIpc) is 3.36. The molecule has 3 aromatic carbocycles. The molecule has 0 radical (unpaired) electrons. The summed E-state index contributed by atoms with van der Waals surface area (Å²) in [5, 5.41) is 15.0. The largest absolute Gasteiger partial charge is 0.497 e. The molecule has 0 aliphatic rings. The zero-order chi connectivity index (χ0) is 32.2. The molecular weight excluding hydrogens is 597 g/mol. The molecule has 1 atom stereocenters. The van der Waals surface area contributed by atoms with Crippen molar-refractivity contribution in [2.75, 3.05) is 31.4 Å². The first kappa shape index (κ1) is 31.3. The Morgan fingerprint density at radius 3 is 2.52 bits per heavy atom. The lowest BCUT2D eigenvalue weighted by Gasteiger charge is -2.22. The standard InChI is InChI=1S/C27H24F5N7O5/c1-42-14-10-16(21(29)20(12-14)43-9-8-28)22(24-37-26(41)39(38-24)19-5-3-2-4-17(19)33)36-18-11-13(6-7-15(18)23(34)35)44-25(40)27(30,31)32/h2-7,10-12,22,36H,8-9,33H2,1H3,(H3,34,35)(H,37,38,41). The van der Waals surface area contributed by atoms with Crippen LogP contribution in [-0.4, -0.2) is 53.1 Å². The van der Waals surface area contributed by atoms with Gasteiger partial charge in [-0.3, -0.25) is 10.4 Å². The molecule has 0 bridgehead atoms. The third kappa shape index (κ3) is 6.71. The van der Waals surface area contributed by atoms with Crippen molar-refractivity contribution >= 4 is 23.2 Å². The lowest BCUT2D eigenvalue weighted by atomic mass is 10.0. The number of hydrogen-bond donors (Lipinski definition) is 5. The van der Waals surface area contributed by atoms with Crippen LogP contribution in [0.5, 0.6) is 17.2 Å². The summed E-state index contributed by atoms with van der Waals surface area (Å²) < 4.78 is 83.1. The van der Waals surface area contributed by atoms with E-state index in [-0.39, 0.29) is 39.8 Å². The van der Waals surface area contributed by atoms with Crippen LogP contribution < -0.4 is 36.7 Å². The van der Waals surface area contributed by atoms with Gasteiger partial charge in [0.05, 0.1) is 18.5 Å². The van der Waals surface area contributed by atoms with E-state index in [0.29, 0.717) is 0 Å². The van der Waals surface area contributed by atoms with Gasteiger partial charge in [-0.05, 0) is 30.3 Å². The molecule has 0 amide bonds. The Kier molecular flexibility index (Phi) is 9.06. The molecule has 0 spiro atoms. The highest BCUT2D eigenvalue weighted by Gasteiger charge is 2.41. The summed E-state index contributed by atoms with van der Waals surface area (Å²) in [4.78, 5) is 27.0. The summed E-state index contributed by atoms with van der Waals surface area (Å²) in [5.74, 6) is -5.40. The van der Waals surface area contributed by atoms with Crippen LogP contribution in [0.3, 0.4) is 0 Å². The molecule has 1 aromatic heterocycles. The molecule has 0 saturated heterocycles. The highest BCUT2D eigenvalue weighted by molar-refractivity contribution is 6.00. The van der Waals surface area contributed by atoms with E-state index in [2.05, 4.69) is 20.1 Å². The number of aromatic amines is 1. The molecule has 1 heterocycles. The van der Waals surface area contributed by atoms with Crippen LogP contribution in [0, 0.1) is 11.2 Å². The Hall–Kier alpha value is -5.61. The molecule has 4 aromatic rings. The number of benzene rings is 3. The molecule has 0 fully saturated rings. The van der Waals surface area contributed by atoms with Gasteiger partial charge in [-0.1, -0.05) is 12.1 Å². The molecule has 44 heavy (non-hydrogen) atoms. The third-order valence-electron chi connectivity index (χ3n) is 6.02. The minimum atomic E-state index is -5.32. The second-order valence-corrected chi connectivity index (χ2v) is 8.94. The number of halogens is 5. The number of aromatic nitrogens is 3. The zero-order valence-electron chi connectivity index (χ0n) is 22.7. The fraction of sp³-hybridized carbons (Fsp3) is 0.185. The van der Waals surface area contributed by atoms with Crippen LogP contribution in [0.4, 0.5) is 33.3 Å². The number of carbonyl (C=O) groups excluding carboxylic acids is 1. The van der Waals surface area contributed by atoms with Gasteiger partial charge in [-0.2, -0.15) is 17.9 Å². The second kappa shape index (κ2) is 12.7. The number of H-pyrrole nitrogens is 1. The van der Waals surface area contributed by atoms with Gasteiger partial charge in [0.2, 0.25) is 0 Å². The lowest BCUT2D eigenvalue weighted by molar-refractivity contribution is -0.189. The molecule has 0 aliphatic heterocycles. The lowest BCUT2D eigenvalue weighted by Crippen LogP contribution is -2.28. The molecule has 1 unspecified atom stereocenters. The van der Waals surface area contributed by atoms with Crippen LogP contribution >= 0.6 is 0 Å². The molecule has 232 valence electrons. The first-order valence-electron chi connectivity index (χ1n) is 12.5. The predicted octanol–water partition coefficient (Wildman–Crippen LogP) is 3.59. The third-order valence-corrected chi connectivity index (χ3v) is 6.02. The quantitative estimate of drug-likeness (QED) is 0.0417. The van der Waals surface area contributed by atoms with Crippen molar-refractivity contribution in [2.45, 2.75) is 12.2 Å². The number of methoxy groups -OCH3 is 1. The van der Waals surface area contributed by atoms with Crippen LogP contribution in [0.1, 0.15) is 23.0 Å². The molecule has 17 heteroatoms. The number of hydrogen-bond acceptors (Lipinski definition) is 9. The summed E-state index contributed by atoms with van der Waals surface area (Å²) in [6.45, 7) is -1.46. The van der Waals surface area contributed by atoms with E-state index < -0.39 is 60.3 Å². The number of alkyl halides is 4. The smallest absolute Gasteiger partial charge is 0.491 e. The summed E-state index contributed by atoms with van der Waals surface area (Å²) >= 11 is 0. The fourth-order valence-electron chi connectivity index (χ4n) is 4.04. The Bertz CT molecular complexity index is 1760. The number of nitrogens with zero attached hydrogens (tertiary/aromatic N) is 2. The summed E-state index contributed by atoms with van der Waals surface area (Å²) in [5.41, 5.74) is 10.6. The van der Waals surface area contributed by atoms with E-state index in [4.69, 9.17) is 26.4 Å². The monoisotopic (exact) mass is 621 g/mol. The molecule has 7 N–H and O–H groups in total. The van der Waals surface area contributed by atoms with Gasteiger partial charge >= 0.3 is 17.8 Å². The van der Waals surface area contributed by atoms with E-state index in [1.54, 1.807) is 12.1 Å². The zero-order valence-corrected chi connectivity index (χ0v) is 22.7. The molecule has 0 saturated carbocycles. The van der Waals surface area contributed by atoms with Gasteiger partial charge in [-0.15, -0.1) is 5.10 Å². The van der Waals surface area contributed by atoms with Crippen molar-refractivity contribution in [2.24, 2.45) is 5.73 Å². The maximum Gasteiger partial charge on any atom is 0.491 e. The van der Waals surface area contributed by atoms with Crippen molar-refractivity contribution in [1.82, 2.24) is 14.8 Å². The van der Waals surface area contributed by atoms with Crippen LogP contribution in [0.25, 0.3) is 5.69 Å². The number of nitrogens with one attached hydrogen (secondary N) is 3. The Morgan fingerprint density at radius 2 is 1.89 bits per heavy atom. The predicted molar refractivity (Wildman–Crippen MR) is 148 cm³/mol. The van der Waals surface area contributed by atoms with Gasteiger partial charge in [0.1, 0.15) is 36.7 Å². The van der Waals surface area contributed by atoms with E-state index in [9.17, 15) is 27.2 Å². The molecular formula is C27H24F5N7O5. The van der Waals surface area contributed by atoms with Gasteiger partial charge in [0, 0.05) is 28.9 Å². The summed E-state index contributed by atoms with van der Waals surface area (Å²) in [6, 6.07) is 10.0. The van der Waals surface area contributed by atoms with E-state index >= 15 is 4.39 Å². The first-order valence-corrected chi connectivity index (χ1v) is 12.5. The topological polar surface area (TPSA) is 183 Å². The highest BCUT2D eigenvalue weighted by Crippen LogP contribution is 2.36. The number of nitrogen functional groups attached to an aromatic ring is 2. The Balaban J connectivity index is 1.92. The highest BCUT2D eigenvalue weighted by atomic mass is 19.4. The number of anilines is 2. The normalized spacial score (nSPS) is 12.0.